The second-order valence-corrected chi connectivity index (χ2v) is 3.07. The molecule has 0 aliphatic rings. The first-order valence-corrected chi connectivity index (χ1v) is 3.54. The zero-order valence-corrected chi connectivity index (χ0v) is 7.41. The summed E-state index contributed by atoms with van der Waals surface area (Å²) in [6, 6.07) is 0. The predicted octanol–water partition coefficient (Wildman–Crippen LogP) is 1.25. The fourth-order valence-corrected chi connectivity index (χ4v) is 0.783. The van der Waals surface area contributed by atoms with Gasteiger partial charge in [0.1, 0.15) is 5.54 Å². The normalized spacial score (nSPS) is 16.9. The molecule has 2 N–H and O–H groups in total. The van der Waals surface area contributed by atoms with Crippen LogP contribution in [0.15, 0.2) is 0 Å². The number of nitrogens with two attached hydrogens (primary N) is 1. The molecule has 0 aliphatic carbocycles. The van der Waals surface area contributed by atoms with Gasteiger partial charge in [0.05, 0.1) is 0 Å². The number of carbonyl (C=O) groups excluding carboxylic acids is 1. The zero-order chi connectivity index (χ0) is 8.36. The molecule has 0 bridgehead atoms. The van der Waals surface area contributed by atoms with E-state index in [-0.39, 0.29) is 0 Å². The van der Waals surface area contributed by atoms with Crippen LogP contribution in [0.2, 0.25) is 0 Å². The van der Waals surface area contributed by atoms with Crippen LogP contribution in [0.5, 0.6) is 0 Å². The number of halogens is 2. The molecule has 5 heteroatoms. The van der Waals surface area contributed by atoms with E-state index in [1.54, 1.807) is 13.8 Å². The topological polar surface area (TPSA) is 46.3 Å². The molecule has 0 fully saturated rings. The molecule has 0 aliphatic heterocycles. The molecule has 10 heavy (non-hydrogen) atoms. The van der Waals surface area contributed by atoms with E-state index in [0.717, 1.165) is 3.94 Å². The number of hydrogen-bond acceptors (Lipinski definition) is 2. The van der Waals surface area contributed by atoms with Gasteiger partial charge in [0.2, 0.25) is 5.91 Å². The molecule has 0 rings (SSSR count). The van der Waals surface area contributed by atoms with E-state index < -0.39 is 11.4 Å². The summed E-state index contributed by atoms with van der Waals surface area (Å²) in [5.41, 5.74) is 4.08. The monoisotopic (exact) mass is 184 g/mol. The Morgan fingerprint density at radius 1 is 1.70 bits per heavy atom. The van der Waals surface area contributed by atoms with Crippen LogP contribution in [0.25, 0.3) is 0 Å². The Morgan fingerprint density at radius 3 is 2.10 bits per heavy atom. The Bertz CT molecular complexity index is 140. The van der Waals surface area contributed by atoms with Crippen molar-refractivity contribution in [2.24, 2.45) is 5.73 Å². The molecule has 1 atom stereocenters. The van der Waals surface area contributed by atoms with E-state index in [1.165, 1.54) is 0 Å². The maximum absolute atomic E-state index is 10.7. The first kappa shape index (κ1) is 10.0. The lowest BCUT2D eigenvalue weighted by atomic mass is 10.0. The summed E-state index contributed by atoms with van der Waals surface area (Å²) in [6.45, 7) is 3.36. The molecule has 0 aromatic rings. The molecular weight excluding hydrogens is 175 g/mol. The fourth-order valence-electron chi connectivity index (χ4n) is 0.377. The Kier molecular flexibility index (Phi) is 3.42. The van der Waals surface area contributed by atoms with Gasteiger partial charge < -0.3 is 5.73 Å². The maximum atomic E-state index is 10.7. The zero-order valence-electron chi connectivity index (χ0n) is 5.90. The van der Waals surface area contributed by atoms with Crippen molar-refractivity contribution >= 4 is 29.5 Å². The molecule has 0 radical (unpaired) electrons. The Balaban J connectivity index is 4.38. The standard InChI is InChI=1S/C5H10Cl2N2O/c1-3-5(2,4(8)10)9(6)7/h3H2,1-2H3,(H2,8,10). The number of rotatable bonds is 3. The number of amides is 1. The summed E-state index contributed by atoms with van der Waals surface area (Å²) in [4.78, 5) is 10.7. The lowest BCUT2D eigenvalue weighted by Gasteiger charge is -2.26. The molecule has 0 spiro atoms. The SMILES string of the molecule is CCC(C)(C(N)=O)N(Cl)Cl. The number of nitrogens with zero attached hydrogens (tertiary/aromatic N) is 1. The van der Waals surface area contributed by atoms with Gasteiger partial charge in [-0.3, -0.25) is 4.79 Å². The van der Waals surface area contributed by atoms with Gasteiger partial charge in [-0.1, -0.05) is 6.92 Å². The molecule has 1 amide bonds. The largest absolute Gasteiger partial charge is 0.368 e. The van der Waals surface area contributed by atoms with Crippen molar-refractivity contribution < 1.29 is 4.79 Å². The van der Waals surface area contributed by atoms with E-state index in [9.17, 15) is 4.79 Å². The molecule has 3 nitrogen and oxygen atoms in total. The molecule has 0 aromatic carbocycles. The smallest absolute Gasteiger partial charge is 0.240 e. The van der Waals surface area contributed by atoms with Crippen molar-refractivity contribution in [1.82, 2.24) is 3.94 Å². The first-order chi connectivity index (χ1) is 4.45. The average Bonchev–Trinajstić information content (AvgIpc) is 1.85. The summed E-state index contributed by atoms with van der Waals surface area (Å²) in [6.07, 6.45) is 0.481. The van der Waals surface area contributed by atoms with Crippen molar-refractivity contribution in [3.8, 4) is 0 Å². The van der Waals surface area contributed by atoms with Crippen LogP contribution in [0, 0.1) is 0 Å². The van der Waals surface area contributed by atoms with Crippen LogP contribution < -0.4 is 5.73 Å². The quantitative estimate of drug-likeness (QED) is 0.672. The van der Waals surface area contributed by atoms with Crippen molar-refractivity contribution in [3.63, 3.8) is 0 Å². The van der Waals surface area contributed by atoms with Crippen LogP contribution in [0.4, 0.5) is 0 Å². The molecule has 0 saturated heterocycles. The fraction of sp³-hybridized carbons (Fsp3) is 0.800. The van der Waals surface area contributed by atoms with Crippen LogP contribution >= 0.6 is 23.6 Å². The average molecular weight is 185 g/mol. The third-order valence-corrected chi connectivity index (χ3v) is 2.34. The number of primary amides is 1. The predicted molar refractivity (Wildman–Crippen MR) is 41.4 cm³/mol. The number of carbonyl (C=O) groups is 1. The minimum Gasteiger partial charge on any atom is -0.368 e. The minimum absolute atomic E-state index is 0.481. The Labute approximate surface area is 70.3 Å². The lowest BCUT2D eigenvalue weighted by Crippen LogP contribution is -2.47. The van der Waals surface area contributed by atoms with E-state index in [4.69, 9.17) is 29.3 Å². The molecule has 0 saturated carbocycles. The first-order valence-electron chi connectivity index (χ1n) is 2.87. The molecule has 0 heterocycles. The molecule has 60 valence electrons. The highest BCUT2D eigenvalue weighted by Gasteiger charge is 2.34. The molecule has 0 aromatic heterocycles. The van der Waals surface area contributed by atoms with Crippen LogP contribution in [-0.2, 0) is 4.79 Å². The van der Waals surface area contributed by atoms with Gasteiger partial charge in [0, 0.05) is 0 Å². The summed E-state index contributed by atoms with van der Waals surface area (Å²) in [5, 5.41) is 0. The van der Waals surface area contributed by atoms with Crippen molar-refractivity contribution in [1.29, 1.82) is 0 Å². The Hall–Kier alpha value is 0.01000. The summed E-state index contributed by atoms with van der Waals surface area (Å²) < 4.78 is 0.787. The summed E-state index contributed by atoms with van der Waals surface area (Å²) in [7, 11) is 0. The van der Waals surface area contributed by atoms with Gasteiger partial charge in [0.15, 0.2) is 0 Å². The van der Waals surface area contributed by atoms with Gasteiger partial charge in [-0.15, -0.1) is 3.94 Å². The highest BCUT2D eigenvalue weighted by Crippen LogP contribution is 2.23. The van der Waals surface area contributed by atoms with E-state index in [1.807, 2.05) is 0 Å². The van der Waals surface area contributed by atoms with E-state index in [2.05, 4.69) is 0 Å². The minimum atomic E-state index is -0.955. The highest BCUT2D eigenvalue weighted by atomic mass is 35.5. The van der Waals surface area contributed by atoms with Crippen molar-refractivity contribution in [2.75, 3.05) is 0 Å². The van der Waals surface area contributed by atoms with Crippen molar-refractivity contribution in [3.05, 3.63) is 0 Å². The Morgan fingerprint density at radius 2 is 2.10 bits per heavy atom. The summed E-state index contributed by atoms with van der Waals surface area (Å²) >= 11 is 10.8. The third-order valence-electron chi connectivity index (χ3n) is 1.59. The number of hydrogen-bond donors (Lipinski definition) is 1. The van der Waals surface area contributed by atoms with Gasteiger partial charge in [-0.25, -0.2) is 0 Å². The van der Waals surface area contributed by atoms with Gasteiger partial charge in [0.25, 0.3) is 0 Å². The van der Waals surface area contributed by atoms with Crippen molar-refractivity contribution in [2.45, 2.75) is 25.8 Å². The van der Waals surface area contributed by atoms with Crippen LogP contribution in [0.1, 0.15) is 20.3 Å². The van der Waals surface area contributed by atoms with E-state index >= 15 is 0 Å². The summed E-state index contributed by atoms with van der Waals surface area (Å²) in [5.74, 6) is -0.528. The van der Waals surface area contributed by atoms with Gasteiger partial charge >= 0.3 is 0 Å². The second-order valence-electron chi connectivity index (χ2n) is 2.22. The van der Waals surface area contributed by atoms with E-state index in [0.29, 0.717) is 6.42 Å². The van der Waals surface area contributed by atoms with Gasteiger partial charge in [-0.05, 0) is 36.9 Å². The molecular formula is C5H10Cl2N2O. The lowest BCUT2D eigenvalue weighted by molar-refractivity contribution is -0.125. The second kappa shape index (κ2) is 3.42. The maximum Gasteiger partial charge on any atom is 0.240 e. The van der Waals surface area contributed by atoms with Gasteiger partial charge in [-0.2, -0.15) is 0 Å². The van der Waals surface area contributed by atoms with Crippen LogP contribution in [-0.4, -0.2) is 15.4 Å². The molecule has 1 unspecified atom stereocenters. The van der Waals surface area contributed by atoms with Crippen LogP contribution in [0.3, 0.4) is 0 Å². The third kappa shape index (κ3) is 1.75. The highest BCUT2D eigenvalue weighted by molar-refractivity contribution is 6.35.